The molecule has 0 amide bonds. The van der Waals surface area contributed by atoms with Crippen LogP contribution in [0.4, 0.5) is 5.95 Å². The van der Waals surface area contributed by atoms with Crippen molar-refractivity contribution >= 4 is 40.8 Å². The standard InChI is InChI=1S/C4H3Cl3N4O2/c5-4(6,7)1-10-2-8-3(9-10)11(12)13/h2H,1H2. The van der Waals surface area contributed by atoms with Crippen molar-refractivity contribution in [3.63, 3.8) is 0 Å². The molecule has 0 spiro atoms. The molecule has 13 heavy (non-hydrogen) atoms. The minimum atomic E-state index is -1.54. The summed E-state index contributed by atoms with van der Waals surface area (Å²) < 4.78 is -0.452. The molecule has 0 aliphatic heterocycles. The zero-order valence-electron chi connectivity index (χ0n) is 6.02. The van der Waals surface area contributed by atoms with Gasteiger partial charge in [-0.3, -0.25) is 0 Å². The van der Waals surface area contributed by atoms with E-state index in [2.05, 4.69) is 10.1 Å². The van der Waals surface area contributed by atoms with Crippen LogP contribution in [0.1, 0.15) is 0 Å². The van der Waals surface area contributed by atoms with Crippen LogP contribution in [0, 0.1) is 10.1 Å². The number of halogens is 3. The number of rotatable bonds is 2. The predicted octanol–water partition coefficient (Wildman–Crippen LogP) is 1.56. The highest BCUT2D eigenvalue weighted by atomic mass is 35.6. The molecule has 0 atom stereocenters. The molecular weight excluding hydrogens is 242 g/mol. The Morgan fingerprint density at radius 1 is 1.62 bits per heavy atom. The zero-order valence-corrected chi connectivity index (χ0v) is 8.29. The first-order valence-corrected chi connectivity index (χ1v) is 4.12. The lowest BCUT2D eigenvalue weighted by molar-refractivity contribution is -0.394. The van der Waals surface area contributed by atoms with Crippen molar-refractivity contribution in [3.05, 3.63) is 16.4 Å². The summed E-state index contributed by atoms with van der Waals surface area (Å²) in [4.78, 5) is 12.8. The highest BCUT2D eigenvalue weighted by Gasteiger charge is 2.24. The van der Waals surface area contributed by atoms with Gasteiger partial charge in [0.2, 0.25) is 10.1 Å². The van der Waals surface area contributed by atoms with Crippen LogP contribution in [-0.2, 0) is 6.54 Å². The summed E-state index contributed by atoms with van der Waals surface area (Å²) >= 11 is 16.3. The van der Waals surface area contributed by atoms with Crippen molar-refractivity contribution in [2.45, 2.75) is 10.3 Å². The van der Waals surface area contributed by atoms with Gasteiger partial charge in [0, 0.05) is 5.10 Å². The summed E-state index contributed by atoms with van der Waals surface area (Å²) in [6.07, 6.45) is 1.13. The van der Waals surface area contributed by atoms with Crippen LogP contribution < -0.4 is 0 Å². The molecule has 0 saturated heterocycles. The molecule has 0 aromatic carbocycles. The Kier molecular flexibility index (Phi) is 2.94. The number of alkyl halides is 3. The van der Waals surface area contributed by atoms with Crippen LogP contribution in [0.15, 0.2) is 6.33 Å². The van der Waals surface area contributed by atoms with Gasteiger partial charge in [-0.1, -0.05) is 39.8 Å². The highest BCUT2D eigenvalue weighted by Crippen LogP contribution is 2.27. The van der Waals surface area contributed by atoms with Crippen LogP contribution in [0.5, 0.6) is 0 Å². The molecule has 0 fully saturated rings. The van der Waals surface area contributed by atoms with Crippen LogP contribution in [0.25, 0.3) is 0 Å². The third-order valence-electron chi connectivity index (χ3n) is 1.03. The van der Waals surface area contributed by atoms with Crippen molar-refractivity contribution in [2.24, 2.45) is 0 Å². The molecule has 1 rings (SSSR count). The molecule has 0 unspecified atom stereocenters. The fraction of sp³-hybridized carbons (Fsp3) is 0.500. The first-order chi connectivity index (χ1) is 5.88. The van der Waals surface area contributed by atoms with Gasteiger partial charge >= 0.3 is 5.95 Å². The van der Waals surface area contributed by atoms with Gasteiger partial charge in [-0.05, 0) is 4.92 Å². The lowest BCUT2D eigenvalue weighted by atomic mass is 10.7. The topological polar surface area (TPSA) is 73.8 Å². The van der Waals surface area contributed by atoms with E-state index in [4.69, 9.17) is 34.8 Å². The second kappa shape index (κ2) is 3.65. The largest absolute Gasteiger partial charge is 0.490 e. The molecule has 0 bridgehead atoms. The summed E-state index contributed by atoms with van der Waals surface area (Å²) in [7, 11) is 0. The van der Waals surface area contributed by atoms with E-state index in [0.717, 1.165) is 11.0 Å². The van der Waals surface area contributed by atoms with Crippen molar-refractivity contribution < 1.29 is 4.92 Å². The summed E-state index contributed by atoms with van der Waals surface area (Å²) in [6, 6.07) is 0. The molecule has 1 aromatic rings. The Morgan fingerprint density at radius 3 is 2.62 bits per heavy atom. The SMILES string of the molecule is O=[N+]([O-])c1ncn(CC(Cl)(Cl)Cl)n1. The van der Waals surface area contributed by atoms with Crippen molar-refractivity contribution in [1.82, 2.24) is 14.8 Å². The summed E-state index contributed by atoms with van der Waals surface area (Å²) in [5.74, 6) is -0.519. The average molecular weight is 245 g/mol. The minimum Gasteiger partial charge on any atom is -0.390 e. The molecular formula is C4H3Cl3N4O2. The van der Waals surface area contributed by atoms with Gasteiger partial charge in [-0.15, -0.1) is 0 Å². The lowest BCUT2D eigenvalue weighted by Gasteiger charge is -2.06. The Bertz CT molecular complexity index is 319. The van der Waals surface area contributed by atoms with Gasteiger partial charge < -0.3 is 10.1 Å². The van der Waals surface area contributed by atoms with Gasteiger partial charge in [-0.2, -0.15) is 4.68 Å². The number of hydrogen-bond donors (Lipinski definition) is 0. The third kappa shape index (κ3) is 3.33. The Hall–Kier alpha value is -0.590. The summed E-state index contributed by atoms with van der Waals surface area (Å²) in [5.41, 5.74) is 0. The van der Waals surface area contributed by atoms with Crippen molar-refractivity contribution in [3.8, 4) is 0 Å². The van der Waals surface area contributed by atoms with Crippen LogP contribution in [0.3, 0.4) is 0 Å². The van der Waals surface area contributed by atoms with E-state index < -0.39 is 14.7 Å². The van der Waals surface area contributed by atoms with Crippen LogP contribution >= 0.6 is 34.8 Å². The summed E-state index contributed by atoms with van der Waals surface area (Å²) in [6.45, 7) is -0.0848. The first-order valence-electron chi connectivity index (χ1n) is 2.99. The van der Waals surface area contributed by atoms with Crippen molar-refractivity contribution in [1.29, 1.82) is 0 Å². The third-order valence-corrected chi connectivity index (χ3v) is 1.39. The van der Waals surface area contributed by atoms with E-state index in [1.54, 1.807) is 0 Å². The van der Waals surface area contributed by atoms with E-state index in [1.807, 2.05) is 0 Å². The van der Waals surface area contributed by atoms with Gasteiger partial charge in [-0.25, -0.2) is 0 Å². The van der Waals surface area contributed by atoms with Crippen LogP contribution in [0.2, 0.25) is 0 Å². The van der Waals surface area contributed by atoms with Gasteiger partial charge in [0.05, 0.1) is 0 Å². The number of aromatic nitrogens is 3. The maximum Gasteiger partial charge on any atom is 0.490 e. The second-order valence-corrected chi connectivity index (χ2v) is 4.63. The summed E-state index contributed by atoms with van der Waals surface area (Å²) in [5, 5.41) is 13.6. The molecule has 72 valence electrons. The van der Waals surface area contributed by atoms with E-state index in [-0.39, 0.29) is 6.54 Å². The molecule has 6 nitrogen and oxygen atoms in total. The molecule has 9 heteroatoms. The molecule has 1 aromatic heterocycles. The highest BCUT2D eigenvalue weighted by molar-refractivity contribution is 6.67. The van der Waals surface area contributed by atoms with E-state index >= 15 is 0 Å². The van der Waals surface area contributed by atoms with E-state index in [0.29, 0.717) is 0 Å². The normalized spacial score (nSPS) is 11.6. The first kappa shape index (κ1) is 10.5. The predicted molar refractivity (Wildman–Crippen MR) is 47.0 cm³/mol. The van der Waals surface area contributed by atoms with Gasteiger partial charge in [0.15, 0.2) is 0 Å². The quantitative estimate of drug-likeness (QED) is 0.450. The molecule has 0 saturated carbocycles. The smallest absolute Gasteiger partial charge is 0.390 e. The van der Waals surface area contributed by atoms with E-state index in [1.165, 1.54) is 0 Å². The minimum absolute atomic E-state index is 0.0848. The molecule has 0 aliphatic rings. The Morgan fingerprint density at radius 2 is 2.23 bits per heavy atom. The number of nitrogens with zero attached hydrogens (tertiary/aromatic N) is 4. The molecule has 0 radical (unpaired) electrons. The number of hydrogen-bond acceptors (Lipinski definition) is 4. The van der Waals surface area contributed by atoms with Crippen molar-refractivity contribution in [2.75, 3.05) is 0 Å². The van der Waals surface area contributed by atoms with Crippen LogP contribution in [-0.4, -0.2) is 23.5 Å². The van der Waals surface area contributed by atoms with Gasteiger partial charge in [0.1, 0.15) is 6.54 Å². The Balaban J connectivity index is 2.75. The second-order valence-electron chi connectivity index (χ2n) is 2.11. The van der Waals surface area contributed by atoms with Gasteiger partial charge in [0.25, 0.3) is 0 Å². The van der Waals surface area contributed by atoms with E-state index in [9.17, 15) is 10.1 Å². The number of nitro groups is 1. The maximum atomic E-state index is 10.1. The maximum absolute atomic E-state index is 10.1. The molecule has 0 aliphatic carbocycles. The zero-order chi connectivity index (χ0) is 10.1. The Labute approximate surface area is 87.6 Å². The fourth-order valence-electron chi connectivity index (χ4n) is 0.628. The monoisotopic (exact) mass is 244 g/mol. The molecule has 0 N–H and O–H groups in total. The average Bonchev–Trinajstić information content (AvgIpc) is 2.31. The fourth-order valence-corrected chi connectivity index (χ4v) is 0.996. The molecule has 1 heterocycles. The lowest BCUT2D eigenvalue weighted by Crippen LogP contribution is -2.14.